The fourth-order valence-corrected chi connectivity index (χ4v) is 3.01. The van der Waals surface area contributed by atoms with Gasteiger partial charge in [0, 0.05) is 50.9 Å². The molecule has 3 heterocycles. The molecule has 19 heavy (non-hydrogen) atoms. The highest BCUT2D eigenvalue weighted by atomic mass is 16.3. The second-order valence-electron chi connectivity index (χ2n) is 5.41. The lowest BCUT2D eigenvalue weighted by molar-refractivity contribution is 0.0741. The molecule has 0 aromatic carbocycles. The first kappa shape index (κ1) is 12.7. The van der Waals surface area contributed by atoms with Crippen molar-refractivity contribution in [2.75, 3.05) is 39.3 Å². The van der Waals surface area contributed by atoms with Gasteiger partial charge in [-0.15, -0.1) is 0 Å². The molecule has 2 fully saturated rings. The molecule has 0 saturated carbocycles. The maximum Gasteiger partial charge on any atom is 0.289 e. The third-order valence-corrected chi connectivity index (χ3v) is 4.17. The van der Waals surface area contributed by atoms with Gasteiger partial charge in [-0.2, -0.15) is 0 Å². The minimum Gasteiger partial charge on any atom is -0.459 e. The predicted molar refractivity (Wildman–Crippen MR) is 72.2 cm³/mol. The Bertz CT molecular complexity index is 451. The smallest absolute Gasteiger partial charge is 0.289 e. The molecule has 5 heteroatoms. The van der Waals surface area contributed by atoms with Gasteiger partial charge in [-0.3, -0.25) is 9.69 Å². The molecule has 0 spiro atoms. The van der Waals surface area contributed by atoms with Crippen molar-refractivity contribution in [3.63, 3.8) is 0 Å². The number of rotatable bonds is 2. The van der Waals surface area contributed by atoms with Gasteiger partial charge in [0.1, 0.15) is 0 Å². The Morgan fingerprint density at radius 1 is 1.37 bits per heavy atom. The molecule has 0 aliphatic carbocycles. The number of likely N-dealkylation sites (tertiary alicyclic amines) is 1. The molecule has 104 valence electrons. The van der Waals surface area contributed by atoms with E-state index in [1.54, 1.807) is 6.26 Å². The number of piperazine rings is 1. The molecular weight excluding hydrogens is 242 g/mol. The summed E-state index contributed by atoms with van der Waals surface area (Å²) >= 11 is 0. The van der Waals surface area contributed by atoms with Crippen LogP contribution in [0, 0.1) is 6.92 Å². The fraction of sp³-hybridized carbons (Fsp3) is 0.643. The lowest BCUT2D eigenvalue weighted by Crippen LogP contribution is -2.49. The molecular formula is C14H21N3O2. The van der Waals surface area contributed by atoms with Crippen LogP contribution in [0.2, 0.25) is 0 Å². The van der Waals surface area contributed by atoms with Crippen LogP contribution in [0.15, 0.2) is 16.7 Å². The van der Waals surface area contributed by atoms with E-state index in [1.807, 2.05) is 17.9 Å². The van der Waals surface area contributed by atoms with Crippen LogP contribution in [0.3, 0.4) is 0 Å². The average molecular weight is 263 g/mol. The number of furan rings is 1. The summed E-state index contributed by atoms with van der Waals surface area (Å²) in [6.45, 7) is 7.88. The largest absolute Gasteiger partial charge is 0.459 e. The van der Waals surface area contributed by atoms with E-state index in [-0.39, 0.29) is 5.91 Å². The van der Waals surface area contributed by atoms with Gasteiger partial charge in [0.2, 0.25) is 0 Å². The number of amides is 1. The predicted octanol–water partition coefficient (Wildman–Crippen LogP) is 0.708. The minimum absolute atomic E-state index is 0.0418. The summed E-state index contributed by atoms with van der Waals surface area (Å²) in [7, 11) is 0. The molecule has 0 bridgehead atoms. The number of aryl methyl sites for hydroxylation is 1. The number of nitrogens with one attached hydrogen (secondary N) is 1. The Hall–Kier alpha value is -1.33. The maximum atomic E-state index is 12.4. The average Bonchev–Trinajstić information content (AvgIpc) is 3.08. The van der Waals surface area contributed by atoms with E-state index >= 15 is 0 Å². The number of carbonyl (C=O) groups excluding carboxylic acids is 1. The zero-order valence-corrected chi connectivity index (χ0v) is 11.4. The Morgan fingerprint density at radius 2 is 2.16 bits per heavy atom. The number of hydrogen-bond acceptors (Lipinski definition) is 4. The Kier molecular flexibility index (Phi) is 3.57. The highest BCUT2D eigenvalue weighted by Crippen LogP contribution is 2.20. The highest BCUT2D eigenvalue weighted by molar-refractivity contribution is 5.93. The van der Waals surface area contributed by atoms with E-state index in [1.165, 1.54) is 0 Å². The molecule has 2 aliphatic heterocycles. The topological polar surface area (TPSA) is 48.7 Å². The first-order valence-electron chi connectivity index (χ1n) is 7.04. The molecule has 2 saturated heterocycles. The summed E-state index contributed by atoms with van der Waals surface area (Å²) in [5.41, 5.74) is 0.927. The van der Waals surface area contributed by atoms with Crippen molar-refractivity contribution >= 4 is 5.91 Å². The van der Waals surface area contributed by atoms with Gasteiger partial charge < -0.3 is 14.6 Å². The summed E-state index contributed by atoms with van der Waals surface area (Å²) in [6.07, 6.45) is 2.66. The van der Waals surface area contributed by atoms with Gasteiger partial charge in [0.25, 0.3) is 5.91 Å². The van der Waals surface area contributed by atoms with Gasteiger partial charge >= 0.3 is 0 Å². The van der Waals surface area contributed by atoms with E-state index in [0.29, 0.717) is 11.8 Å². The first-order chi connectivity index (χ1) is 9.25. The van der Waals surface area contributed by atoms with Crippen LogP contribution in [-0.4, -0.2) is 61.0 Å². The van der Waals surface area contributed by atoms with Gasteiger partial charge in [0.05, 0.1) is 6.26 Å². The van der Waals surface area contributed by atoms with E-state index in [9.17, 15) is 4.79 Å². The van der Waals surface area contributed by atoms with Crippen molar-refractivity contribution in [1.82, 2.24) is 15.1 Å². The first-order valence-corrected chi connectivity index (χ1v) is 7.04. The van der Waals surface area contributed by atoms with Crippen molar-refractivity contribution in [2.45, 2.75) is 19.4 Å². The van der Waals surface area contributed by atoms with E-state index in [2.05, 4.69) is 10.2 Å². The molecule has 1 N–H and O–H groups in total. The molecule has 3 rings (SSSR count). The molecule has 0 radical (unpaired) electrons. The van der Waals surface area contributed by atoms with Crippen LogP contribution in [0.25, 0.3) is 0 Å². The van der Waals surface area contributed by atoms with Gasteiger partial charge in [-0.25, -0.2) is 0 Å². The molecule has 1 aromatic rings. The van der Waals surface area contributed by atoms with Crippen molar-refractivity contribution in [1.29, 1.82) is 0 Å². The maximum absolute atomic E-state index is 12.4. The Balaban J connectivity index is 1.62. The Morgan fingerprint density at radius 3 is 2.84 bits per heavy atom. The van der Waals surface area contributed by atoms with Gasteiger partial charge in [-0.1, -0.05) is 0 Å². The van der Waals surface area contributed by atoms with Crippen molar-refractivity contribution in [2.24, 2.45) is 0 Å². The highest BCUT2D eigenvalue weighted by Gasteiger charge is 2.32. The zero-order valence-electron chi connectivity index (χ0n) is 11.4. The molecule has 1 aromatic heterocycles. The van der Waals surface area contributed by atoms with Crippen molar-refractivity contribution in [3.8, 4) is 0 Å². The second-order valence-corrected chi connectivity index (χ2v) is 5.41. The Labute approximate surface area is 113 Å². The van der Waals surface area contributed by atoms with Crippen molar-refractivity contribution in [3.05, 3.63) is 23.7 Å². The van der Waals surface area contributed by atoms with Crippen LogP contribution < -0.4 is 5.32 Å². The third-order valence-electron chi connectivity index (χ3n) is 4.17. The van der Waals surface area contributed by atoms with Crippen molar-refractivity contribution < 1.29 is 9.21 Å². The summed E-state index contributed by atoms with van der Waals surface area (Å²) in [5, 5.41) is 3.36. The number of carbonyl (C=O) groups is 1. The second kappa shape index (κ2) is 5.35. The quantitative estimate of drug-likeness (QED) is 0.853. The normalized spacial score (nSPS) is 24.9. The number of hydrogen-bond donors (Lipinski definition) is 1. The third kappa shape index (κ3) is 2.53. The van der Waals surface area contributed by atoms with Gasteiger partial charge in [0.15, 0.2) is 5.76 Å². The lowest BCUT2D eigenvalue weighted by Gasteiger charge is -2.32. The standard InChI is InChI=1S/C14H21N3O2/c1-11-3-9-19-13(11)14(18)17-6-2-12(10-17)16-7-4-15-5-8-16/h3,9,12,15H,2,4-8,10H2,1H3. The van der Waals surface area contributed by atoms with Gasteiger partial charge in [-0.05, 0) is 19.4 Å². The summed E-state index contributed by atoms with van der Waals surface area (Å²) in [4.78, 5) is 16.8. The molecule has 1 unspecified atom stereocenters. The molecule has 2 aliphatic rings. The zero-order chi connectivity index (χ0) is 13.2. The fourth-order valence-electron chi connectivity index (χ4n) is 3.01. The lowest BCUT2D eigenvalue weighted by atomic mass is 10.2. The van der Waals surface area contributed by atoms with E-state index in [0.717, 1.165) is 51.3 Å². The van der Waals surface area contributed by atoms with Crippen LogP contribution >= 0.6 is 0 Å². The van der Waals surface area contributed by atoms with Crippen LogP contribution in [0.5, 0.6) is 0 Å². The van der Waals surface area contributed by atoms with Crippen LogP contribution in [0.1, 0.15) is 22.5 Å². The SMILES string of the molecule is Cc1ccoc1C(=O)N1CCC(N2CCNCC2)C1. The minimum atomic E-state index is 0.0418. The summed E-state index contributed by atoms with van der Waals surface area (Å²) in [6, 6.07) is 2.36. The van der Waals surface area contributed by atoms with E-state index < -0.39 is 0 Å². The van der Waals surface area contributed by atoms with Crippen LogP contribution in [-0.2, 0) is 0 Å². The molecule has 1 amide bonds. The summed E-state index contributed by atoms with van der Waals surface area (Å²) in [5.74, 6) is 0.543. The molecule has 5 nitrogen and oxygen atoms in total. The summed E-state index contributed by atoms with van der Waals surface area (Å²) < 4.78 is 5.30. The number of nitrogens with zero attached hydrogens (tertiary/aromatic N) is 2. The van der Waals surface area contributed by atoms with Crippen LogP contribution in [0.4, 0.5) is 0 Å². The van der Waals surface area contributed by atoms with E-state index in [4.69, 9.17) is 4.42 Å². The monoisotopic (exact) mass is 263 g/mol. The molecule has 1 atom stereocenters.